The Balaban J connectivity index is 1.28. The molecule has 4 rings (SSSR count). The highest BCUT2D eigenvalue weighted by atomic mass is 32.2. The summed E-state index contributed by atoms with van der Waals surface area (Å²) < 4.78 is 5.33. The highest BCUT2D eigenvalue weighted by Gasteiger charge is 2.21. The highest BCUT2D eigenvalue weighted by Crippen LogP contribution is 2.29. The first-order valence-corrected chi connectivity index (χ1v) is 10.7. The Labute approximate surface area is 168 Å². The van der Waals surface area contributed by atoms with Crippen molar-refractivity contribution in [1.82, 2.24) is 15.5 Å². The number of nitrogens with one attached hydrogen (secondary N) is 1. The number of thioether (sulfide) groups is 1. The number of fused-ring (bicyclic) bond motifs is 1. The standard InChI is InChI=1S/C22H23N3O2S/c1-15-9-11-17(12-10-15)22-24-20(25-27-22)13-28-14-21(26)23-19-8-4-6-16-5-2-3-7-18(16)19/h2-3,5,7,9-12,19H,4,6,8,13-14H2,1H3,(H,23,26)/t19-/m0/s1. The van der Waals surface area contributed by atoms with Crippen molar-refractivity contribution in [3.63, 3.8) is 0 Å². The summed E-state index contributed by atoms with van der Waals surface area (Å²) in [5.41, 5.74) is 4.70. The Morgan fingerprint density at radius 1 is 1.21 bits per heavy atom. The summed E-state index contributed by atoms with van der Waals surface area (Å²) in [5, 5.41) is 7.19. The fourth-order valence-electron chi connectivity index (χ4n) is 3.50. The van der Waals surface area contributed by atoms with Gasteiger partial charge in [0.15, 0.2) is 5.82 Å². The lowest BCUT2D eigenvalue weighted by Gasteiger charge is -2.26. The van der Waals surface area contributed by atoms with Crippen molar-refractivity contribution in [3.8, 4) is 11.5 Å². The van der Waals surface area contributed by atoms with Gasteiger partial charge in [-0.15, -0.1) is 11.8 Å². The molecule has 0 fully saturated rings. The van der Waals surface area contributed by atoms with Crippen LogP contribution in [0.4, 0.5) is 0 Å². The first-order valence-electron chi connectivity index (χ1n) is 9.53. The second kappa shape index (κ2) is 8.61. The molecular formula is C22H23N3O2S. The Morgan fingerprint density at radius 2 is 2.04 bits per heavy atom. The molecule has 0 unspecified atom stereocenters. The number of carbonyl (C=O) groups is 1. The molecule has 1 aromatic heterocycles. The van der Waals surface area contributed by atoms with Crippen molar-refractivity contribution < 1.29 is 9.32 Å². The van der Waals surface area contributed by atoms with Crippen molar-refractivity contribution in [1.29, 1.82) is 0 Å². The van der Waals surface area contributed by atoms with E-state index in [4.69, 9.17) is 4.52 Å². The molecule has 1 atom stereocenters. The van der Waals surface area contributed by atoms with Gasteiger partial charge in [0.05, 0.1) is 17.5 Å². The molecule has 1 N–H and O–H groups in total. The third-order valence-corrected chi connectivity index (χ3v) is 5.86. The normalized spacial score (nSPS) is 15.8. The molecule has 144 valence electrons. The van der Waals surface area contributed by atoms with Crippen LogP contribution in [0.3, 0.4) is 0 Å². The smallest absolute Gasteiger partial charge is 0.257 e. The summed E-state index contributed by atoms with van der Waals surface area (Å²) in [6.07, 6.45) is 3.20. The molecule has 0 radical (unpaired) electrons. The molecule has 1 aliphatic rings. The molecule has 0 saturated carbocycles. The fraction of sp³-hybridized carbons (Fsp3) is 0.318. The molecule has 3 aromatic rings. The Kier molecular flexibility index (Phi) is 5.76. The number of nitrogens with zero attached hydrogens (tertiary/aromatic N) is 2. The molecule has 2 aromatic carbocycles. The highest BCUT2D eigenvalue weighted by molar-refractivity contribution is 7.99. The zero-order valence-corrected chi connectivity index (χ0v) is 16.7. The predicted molar refractivity (Wildman–Crippen MR) is 111 cm³/mol. The lowest BCUT2D eigenvalue weighted by atomic mass is 9.88. The van der Waals surface area contributed by atoms with Gasteiger partial charge >= 0.3 is 0 Å². The van der Waals surface area contributed by atoms with Crippen LogP contribution < -0.4 is 5.32 Å². The second-order valence-corrected chi connectivity index (χ2v) is 8.07. The minimum atomic E-state index is 0.0500. The van der Waals surface area contributed by atoms with Crippen LogP contribution in [-0.4, -0.2) is 21.8 Å². The molecule has 1 aliphatic carbocycles. The summed E-state index contributed by atoms with van der Waals surface area (Å²) in [5.74, 6) is 2.10. The molecule has 0 bridgehead atoms. The van der Waals surface area contributed by atoms with Gasteiger partial charge < -0.3 is 9.84 Å². The van der Waals surface area contributed by atoms with Crippen molar-refractivity contribution in [3.05, 3.63) is 71.0 Å². The molecule has 1 amide bonds. The maximum absolute atomic E-state index is 12.4. The summed E-state index contributed by atoms with van der Waals surface area (Å²) in [4.78, 5) is 16.8. The molecular weight excluding hydrogens is 370 g/mol. The third kappa shape index (κ3) is 4.44. The number of hydrogen-bond acceptors (Lipinski definition) is 5. The van der Waals surface area contributed by atoms with Gasteiger partial charge in [0.2, 0.25) is 5.91 Å². The minimum absolute atomic E-state index is 0.0500. The molecule has 0 aliphatic heterocycles. The van der Waals surface area contributed by atoms with Gasteiger partial charge in [-0.25, -0.2) is 0 Å². The van der Waals surface area contributed by atoms with E-state index in [9.17, 15) is 4.79 Å². The fourth-order valence-corrected chi connectivity index (χ4v) is 4.17. The summed E-state index contributed by atoms with van der Waals surface area (Å²) in [6.45, 7) is 2.04. The van der Waals surface area contributed by atoms with Gasteiger partial charge in [-0.1, -0.05) is 47.1 Å². The molecule has 28 heavy (non-hydrogen) atoms. The van der Waals surface area contributed by atoms with E-state index in [-0.39, 0.29) is 11.9 Å². The van der Waals surface area contributed by atoms with Gasteiger partial charge in [0, 0.05) is 5.56 Å². The molecule has 6 heteroatoms. The zero-order chi connectivity index (χ0) is 19.3. The van der Waals surface area contributed by atoms with Gasteiger partial charge in [0.1, 0.15) is 0 Å². The van der Waals surface area contributed by atoms with Gasteiger partial charge in [-0.3, -0.25) is 4.79 Å². The number of aryl methyl sites for hydroxylation is 2. The number of hydrogen-bond donors (Lipinski definition) is 1. The second-order valence-electron chi connectivity index (χ2n) is 7.09. The number of aromatic nitrogens is 2. The van der Waals surface area contributed by atoms with E-state index >= 15 is 0 Å². The number of rotatable bonds is 6. The monoisotopic (exact) mass is 393 g/mol. The predicted octanol–water partition coefficient (Wildman–Crippen LogP) is 4.47. The van der Waals surface area contributed by atoms with Crippen LogP contribution in [0, 0.1) is 6.92 Å². The van der Waals surface area contributed by atoms with Crippen molar-refractivity contribution in [2.24, 2.45) is 0 Å². The van der Waals surface area contributed by atoms with Crippen LogP contribution in [0.2, 0.25) is 0 Å². The summed E-state index contributed by atoms with van der Waals surface area (Å²) >= 11 is 1.50. The SMILES string of the molecule is Cc1ccc(-c2nc(CSCC(=O)N[C@H]3CCCc4ccccc43)no2)cc1. The average molecular weight is 394 g/mol. The van der Waals surface area contributed by atoms with E-state index in [1.165, 1.54) is 28.5 Å². The molecule has 5 nitrogen and oxygen atoms in total. The van der Waals surface area contributed by atoms with Crippen LogP contribution in [0.15, 0.2) is 53.1 Å². The molecule has 1 heterocycles. The van der Waals surface area contributed by atoms with E-state index in [2.05, 4.69) is 33.7 Å². The third-order valence-electron chi connectivity index (χ3n) is 4.94. The van der Waals surface area contributed by atoms with E-state index in [1.54, 1.807) is 0 Å². The van der Waals surface area contributed by atoms with Gasteiger partial charge in [-0.05, 0) is 49.4 Å². The van der Waals surface area contributed by atoms with Crippen molar-refractivity contribution >= 4 is 17.7 Å². The van der Waals surface area contributed by atoms with E-state index in [0.29, 0.717) is 23.2 Å². The Morgan fingerprint density at radius 3 is 2.89 bits per heavy atom. The molecule has 0 saturated heterocycles. The quantitative estimate of drug-likeness (QED) is 0.669. The first-order chi connectivity index (χ1) is 13.7. The van der Waals surface area contributed by atoms with Crippen LogP contribution >= 0.6 is 11.8 Å². The topological polar surface area (TPSA) is 68.0 Å². The lowest BCUT2D eigenvalue weighted by molar-refractivity contribution is -0.119. The maximum Gasteiger partial charge on any atom is 0.257 e. The number of amides is 1. The average Bonchev–Trinajstić information content (AvgIpc) is 3.18. The lowest BCUT2D eigenvalue weighted by Crippen LogP contribution is -2.32. The summed E-state index contributed by atoms with van der Waals surface area (Å²) in [7, 11) is 0. The van der Waals surface area contributed by atoms with Gasteiger partial charge in [0.25, 0.3) is 5.89 Å². The summed E-state index contributed by atoms with van der Waals surface area (Å²) in [6, 6.07) is 16.5. The van der Waals surface area contributed by atoms with Crippen LogP contribution in [0.25, 0.3) is 11.5 Å². The first kappa shape index (κ1) is 18.7. The van der Waals surface area contributed by atoms with Crippen LogP contribution in [0.1, 0.15) is 41.4 Å². The Bertz CT molecular complexity index is 952. The van der Waals surface area contributed by atoms with Crippen molar-refractivity contribution in [2.75, 3.05) is 5.75 Å². The number of carbonyl (C=O) groups excluding carboxylic acids is 1. The van der Waals surface area contributed by atoms with Crippen LogP contribution in [-0.2, 0) is 17.0 Å². The number of benzene rings is 2. The largest absolute Gasteiger partial charge is 0.349 e. The molecule has 0 spiro atoms. The van der Waals surface area contributed by atoms with E-state index < -0.39 is 0 Å². The van der Waals surface area contributed by atoms with E-state index in [1.807, 2.05) is 37.3 Å². The maximum atomic E-state index is 12.4. The van der Waals surface area contributed by atoms with Crippen molar-refractivity contribution in [2.45, 2.75) is 38.0 Å². The zero-order valence-electron chi connectivity index (χ0n) is 15.9. The van der Waals surface area contributed by atoms with Crippen LogP contribution in [0.5, 0.6) is 0 Å². The van der Waals surface area contributed by atoms with Gasteiger partial charge in [-0.2, -0.15) is 4.98 Å². The minimum Gasteiger partial charge on any atom is -0.349 e. The Hall–Kier alpha value is -2.60. The van der Waals surface area contributed by atoms with E-state index in [0.717, 1.165) is 24.8 Å².